The lowest BCUT2D eigenvalue weighted by atomic mass is 10.0. The summed E-state index contributed by atoms with van der Waals surface area (Å²) in [5, 5.41) is 10.9. The minimum Gasteiger partial charge on any atom is -0.483 e. The van der Waals surface area contributed by atoms with Crippen molar-refractivity contribution in [3.8, 4) is 0 Å². The first kappa shape index (κ1) is 23.7. The largest absolute Gasteiger partial charge is 0.483 e. The zero-order chi connectivity index (χ0) is 23.3. The van der Waals surface area contributed by atoms with Gasteiger partial charge in [0.05, 0.1) is 0 Å². The summed E-state index contributed by atoms with van der Waals surface area (Å²) >= 11 is 0. The molecule has 1 aliphatic carbocycles. The number of benzene rings is 1. The Morgan fingerprint density at radius 1 is 1.25 bits per heavy atom. The molecule has 1 aromatic carbocycles. The summed E-state index contributed by atoms with van der Waals surface area (Å²) in [6.07, 6.45) is 4.60. The predicted octanol–water partition coefficient (Wildman–Crippen LogP) is 2.76. The van der Waals surface area contributed by atoms with Crippen LogP contribution in [0.1, 0.15) is 55.4 Å². The summed E-state index contributed by atoms with van der Waals surface area (Å²) in [7, 11) is 0. The Morgan fingerprint density at radius 2 is 1.94 bits per heavy atom. The quantitative estimate of drug-likeness (QED) is 0.487. The number of carboxylic acid groups (broad SMARTS) is 1. The maximum absolute atomic E-state index is 13.8. The zero-order valence-electron chi connectivity index (χ0n) is 17.3. The first-order valence-electron chi connectivity index (χ1n) is 10.4. The normalized spacial score (nSPS) is 18.8. The summed E-state index contributed by atoms with van der Waals surface area (Å²) in [6.45, 7) is 0.302. The summed E-state index contributed by atoms with van der Waals surface area (Å²) in [4.78, 5) is 27.2. The predicted molar refractivity (Wildman–Crippen MR) is 106 cm³/mol. The van der Waals surface area contributed by atoms with Crippen LogP contribution in [-0.2, 0) is 22.4 Å². The second kappa shape index (κ2) is 10.6. The minimum absolute atomic E-state index is 0.0436. The molecule has 2 unspecified atom stereocenters. The smallest absolute Gasteiger partial charge is 0.290 e. The van der Waals surface area contributed by atoms with E-state index in [1.807, 2.05) is 0 Å². The highest BCUT2D eigenvalue weighted by molar-refractivity contribution is 5.77. The Kier molecular flexibility index (Phi) is 7.84. The number of nitrogens with two attached hydrogens (primary N) is 1. The lowest BCUT2D eigenvalue weighted by Crippen LogP contribution is -2.36. The van der Waals surface area contributed by atoms with Gasteiger partial charge >= 0.3 is 0 Å². The van der Waals surface area contributed by atoms with E-state index in [9.17, 15) is 18.0 Å². The molecule has 3 N–H and O–H groups in total. The molecule has 1 aliphatic heterocycles. The number of hydrogen-bond donors (Lipinski definition) is 2. The van der Waals surface area contributed by atoms with Crippen LogP contribution in [0.3, 0.4) is 0 Å². The van der Waals surface area contributed by atoms with Crippen molar-refractivity contribution >= 4 is 12.4 Å². The maximum Gasteiger partial charge on any atom is 0.290 e. The topological polar surface area (TPSA) is 123 Å². The van der Waals surface area contributed by atoms with E-state index in [0.717, 1.165) is 25.3 Å². The molecule has 1 saturated carbocycles. The number of halogens is 3. The van der Waals surface area contributed by atoms with Crippen molar-refractivity contribution in [2.75, 3.05) is 6.54 Å². The number of aromatic nitrogens is 2. The van der Waals surface area contributed by atoms with Gasteiger partial charge in [0.2, 0.25) is 11.8 Å². The lowest BCUT2D eigenvalue weighted by Gasteiger charge is -2.23. The van der Waals surface area contributed by atoms with Crippen molar-refractivity contribution in [3.63, 3.8) is 0 Å². The molecule has 4 rings (SSSR count). The van der Waals surface area contributed by atoms with Gasteiger partial charge in [-0.3, -0.25) is 9.59 Å². The van der Waals surface area contributed by atoms with E-state index in [2.05, 4.69) is 10.1 Å². The van der Waals surface area contributed by atoms with Gasteiger partial charge in [-0.1, -0.05) is 5.16 Å². The van der Waals surface area contributed by atoms with E-state index in [4.69, 9.17) is 20.2 Å². The van der Waals surface area contributed by atoms with Crippen LogP contribution in [0.4, 0.5) is 13.2 Å². The van der Waals surface area contributed by atoms with Crippen LogP contribution >= 0.6 is 0 Å². The molecule has 11 heteroatoms. The van der Waals surface area contributed by atoms with Crippen LogP contribution in [0, 0.1) is 23.4 Å². The van der Waals surface area contributed by atoms with Crippen molar-refractivity contribution in [1.82, 2.24) is 15.0 Å². The van der Waals surface area contributed by atoms with Crippen molar-refractivity contribution in [1.29, 1.82) is 0 Å². The summed E-state index contributed by atoms with van der Waals surface area (Å²) in [5.41, 5.74) is 5.95. The highest BCUT2D eigenvalue weighted by atomic mass is 19.2. The minimum atomic E-state index is -1.25. The van der Waals surface area contributed by atoms with Crippen molar-refractivity contribution < 1.29 is 32.4 Å². The number of likely N-dealkylation sites (tertiary alicyclic amines) is 1. The van der Waals surface area contributed by atoms with Gasteiger partial charge in [-0.05, 0) is 49.7 Å². The Balaban J connectivity index is 0.000000913. The Bertz CT molecular complexity index is 951. The fraction of sp³-hybridized carbons (Fsp3) is 0.524. The highest BCUT2D eigenvalue weighted by Gasteiger charge is 2.35. The standard InChI is InChI=1S/C20H23F3N4O2.CH2O2/c21-14-10-16(23)15(22)8-12(14)7-13(24)9-19(28)27-5-1-2-17(27)20-25-18(26-29-20)6-11-3-4-11;2-1-3/h8,10-11,13,17H,1-7,9,24H2;1H,(H,2,3). The Labute approximate surface area is 182 Å². The molecule has 2 heterocycles. The molecule has 8 nitrogen and oxygen atoms in total. The molecule has 174 valence electrons. The van der Waals surface area contributed by atoms with Crippen molar-refractivity contribution in [3.05, 3.63) is 46.9 Å². The molecule has 1 amide bonds. The number of carbonyl (C=O) groups is 2. The van der Waals surface area contributed by atoms with Gasteiger partial charge in [-0.2, -0.15) is 4.98 Å². The molecule has 1 aromatic heterocycles. The van der Waals surface area contributed by atoms with E-state index >= 15 is 0 Å². The molecule has 2 aliphatic rings. The van der Waals surface area contributed by atoms with E-state index in [0.29, 0.717) is 30.2 Å². The number of amides is 1. The number of hydrogen-bond acceptors (Lipinski definition) is 6. The summed E-state index contributed by atoms with van der Waals surface area (Å²) in [6, 6.07) is 0.268. The molecule has 2 fully saturated rings. The maximum atomic E-state index is 13.8. The second-order valence-electron chi connectivity index (χ2n) is 8.07. The molecular formula is C21H25F3N4O4. The lowest BCUT2D eigenvalue weighted by molar-refractivity contribution is -0.133. The summed E-state index contributed by atoms with van der Waals surface area (Å²) < 4.78 is 45.6. The second-order valence-corrected chi connectivity index (χ2v) is 8.07. The molecule has 0 spiro atoms. The molecule has 32 heavy (non-hydrogen) atoms. The van der Waals surface area contributed by atoms with Crippen molar-refractivity contribution in [2.24, 2.45) is 11.7 Å². The molecule has 0 bridgehead atoms. The fourth-order valence-corrected chi connectivity index (χ4v) is 3.80. The monoisotopic (exact) mass is 454 g/mol. The van der Waals surface area contributed by atoms with Gasteiger partial charge in [-0.15, -0.1) is 0 Å². The SMILES string of the molecule is NC(CC(=O)N1CCCC1c1nc(CC2CC2)no1)Cc1cc(F)c(F)cc1F.O=CO. The van der Waals surface area contributed by atoms with Crippen LogP contribution in [0.15, 0.2) is 16.7 Å². The van der Waals surface area contributed by atoms with Crippen LogP contribution < -0.4 is 5.73 Å². The van der Waals surface area contributed by atoms with Crippen LogP contribution in [0.25, 0.3) is 0 Å². The van der Waals surface area contributed by atoms with Crippen LogP contribution in [0.5, 0.6) is 0 Å². The molecule has 0 radical (unpaired) electrons. The van der Waals surface area contributed by atoms with Gasteiger partial charge in [0.15, 0.2) is 17.5 Å². The van der Waals surface area contributed by atoms with Gasteiger partial charge in [0.1, 0.15) is 11.9 Å². The van der Waals surface area contributed by atoms with Crippen LogP contribution in [0.2, 0.25) is 0 Å². The Morgan fingerprint density at radius 3 is 2.62 bits per heavy atom. The molecular weight excluding hydrogens is 429 g/mol. The van der Waals surface area contributed by atoms with Gasteiger partial charge in [0.25, 0.3) is 6.47 Å². The first-order valence-corrected chi connectivity index (χ1v) is 10.4. The van der Waals surface area contributed by atoms with E-state index < -0.39 is 23.5 Å². The molecule has 2 aromatic rings. The summed E-state index contributed by atoms with van der Waals surface area (Å²) in [5.74, 6) is -1.73. The average Bonchev–Trinajstić information content (AvgIpc) is 3.21. The van der Waals surface area contributed by atoms with Crippen LogP contribution in [-0.4, -0.2) is 45.1 Å². The van der Waals surface area contributed by atoms with Gasteiger partial charge in [0, 0.05) is 31.5 Å². The number of rotatable bonds is 7. The average molecular weight is 454 g/mol. The number of nitrogens with zero attached hydrogens (tertiary/aromatic N) is 3. The van der Waals surface area contributed by atoms with Gasteiger partial charge < -0.3 is 20.3 Å². The third kappa shape index (κ3) is 6.06. The van der Waals surface area contributed by atoms with E-state index in [-0.39, 0.29) is 36.8 Å². The third-order valence-electron chi connectivity index (χ3n) is 5.52. The Hall–Kier alpha value is -2.95. The molecule has 1 saturated heterocycles. The first-order chi connectivity index (χ1) is 15.3. The number of carbonyl (C=O) groups excluding carboxylic acids is 1. The zero-order valence-corrected chi connectivity index (χ0v) is 17.3. The van der Waals surface area contributed by atoms with E-state index in [1.54, 1.807) is 4.90 Å². The fourth-order valence-electron chi connectivity index (χ4n) is 3.80. The van der Waals surface area contributed by atoms with Crippen molar-refractivity contribution in [2.45, 2.75) is 57.0 Å². The van der Waals surface area contributed by atoms with Gasteiger partial charge in [-0.25, -0.2) is 13.2 Å². The molecule has 2 atom stereocenters. The third-order valence-corrected chi connectivity index (χ3v) is 5.52. The van der Waals surface area contributed by atoms with E-state index in [1.165, 1.54) is 12.8 Å². The highest BCUT2D eigenvalue weighted by Crippen LogP contribution is 2.34.